The van der Waals surface area contributed by atoms with Gasteiger partial charge in [0.1, 0.15) is 0 Å². The lowest BCUT2D eigenvalue weighted by atomic mass is 9.70. The zero-order valence-electron chi connectivity index (χ0n) is 10.5. The van der Waals surface area contributed by atoms with Crippen LogP contribution in [-0.2, 0) is 14.3 Å². The molecule has 0 aromatic carbocycles. The van der Waals surface area contributed by atoms with E-state index in [0.717, 1.165) is 18.4 Å². The van der Waals surface area contributed by atoms with Crippen molar-refractivity contribution in [3.8, 4) is 0 Å². The van der Waals surface area contributed by atoms with E-state index >= 15 is 0 Å². The Morgan fingerprint density at radius 3 is 2.65 bits per heavy atom. The van der Waals surface area contributed by atoms with Gasteiger partial charge in [0.25, 0.3) is 0 Å². The molecule has 0 saturated carbocycles. The zero-order chi connectivity index (χ0) is 12.6. The van der Waals surface area contributed by atoms with Crippen molar-refractivity contribution in [2.24, 2.45) is 17.8 Å². The highest BCUT2D eigenvalue weighted by Crippen LogP contribution is 2.44. The van der Waals surface area contributed by atoms with Gasteiger partial charge in [0, 0.05) is 0 Å². The van der Waals surface area contributed by atoms with Crippen LogP contribution < -0.4 is 0 Å². The molecule has 17 heavy (non-hydrogen) atoms. The minimum Gasteiger partial charge on any atom is -0.392 e. The molecule has 3 nitrogen and oxygen atoms in total. The number of rotatable bonds is 2. The molecule has 0 amide bonds. The molecule has 1 heterocycles. The molecule has 92 valence electrons. The van der Waals surface area contributed by atoms with Crippen molar-refractivity contribution < 1.29 is 14.3 Å². The Morgan fingerprint density at radius 1 is 1.29 bits per heavy atom. The van der Waals surface area contributed by atoms with Gasteiger partial charge in [-0.05, 0) is 32.6 Å². The topological polar surface area (TPSA) is 43.4 Å². The summed E-state index contributed by atoms with van der Waals surface area (Å²) in [7, 11) is 0. The highest BCUT2D eigenvalue weighted by atomic mass is 16.6. The van der Waals surface area contributed by atoms with E-state index < -0.39 is 0 Å². The van der Waals surface area contributed by atoms with Crippen LogP contribution in [-0.4, -0.2) is 11.9 Å². The first-order valence-corrected chi connectivity index (χ1v) is 6.14. The summed E-state index contributed by atoms with van der Waals surface area (Å²) < 4.78 is 4.79. The fourth-order valence-corrected chi connectivity index (χ4v) is 2.79. The van der Waals surface area contributed by atoms with Crippen molar-refractivity contribution in [1.82, 2.24) is 0 Å². The van der Waals surface area contributed by atoms with E-state index in [2.05, 4.69) is 19.1 Å². The van der Waals surface area contributed by atoms with Crippen molar-refractivity contribution >= 4 is 11.9 Å². The monoisotopic (exact) mass is 234 g/mol. The molecule has 2 rings (SSSR count). The minimum absolute atomic E-state index is 0.114. The number of carbonyl (C=O) groups is 2. The van der Waals surface area contributed by atoms with Crippen LogP contribution >= 0.6 is 0 Å². The van der Waals surface area contributed by atoms with Crippen LogP contribution in [0.15, 0.2) is 23.3 Å². The van der Waals surface area contributed by atoms with Crippen molar-refractivity contribution in [3.05, 3.63) is 23.3 Å². The first-order valence-electron chi connectivity index (χ1n) is 6.14. The second kappa shape index (κ2) is 4.47. The first kappa shape index (κ1) is 12.1. The third-order valence-electron chi connectivity index (χ3n) is 3.85. The van der Waals surface area contributed by atoms with Gasteiger partial charge < -0.3 is 4.74 Å². The summed E-state index contributed by atoms with van der Waals surface area (Å²) >= 11 is 0. The molecule has 0 N–H and O–H groups in total. The summed E-state index contributed by atoms with van der Waals surface area (Å²) in [6, 6.07) is 0. The molecular formula is C14H18O3. The maximum atomic E-state index is 11.7. The van der Waals surface area contributed by atoms with Gasteiger partial charge in [-0.2, -0.15) is 0 Å². The highest BCUT2D eigenvalue weighted by Gasteiger charge is 2.50. The summed E-state index contributed by atoms with van der Waals surface area (Å²) in [6.45, 7) is 6.03. The number of carbonyl (C=O) groups excluding carboxylic acids is 2. The average Bonchev–Trinajstić information content (AvgIpc) is 2.58. The van der Waals surface area contributed by atoms with Gasteiger partial charge in [-0.1, -0.05) is 30.2 Å². The van der Waals surface area contributed by atoms with Crippen molar-refractivity contribution in [2.45, 2.75) is 33.6 Å². The smallest absolute Gasteiger partial charge is 0.321 e. The van der Waals surface area contributed by atoms with Gasteiger partial charge in [-0.15, -0.1) is 0 Å². The van der Waals surface area contributed by atoms with E-state index in [-0.39, 0.29) is 29.7 Å². The van der Waals surface area contributed by atoms with Crippen LogP contribution in [0.2, 0.25) is 0 Å². The predicted octanol–water partition coefficient (Wildman–Crippen LogP) is 2.62. The van der Waals surface area contributed by atoms with Crippen LogP contribution in [0, 0.1) is 17.8 Å². The molecule has 1 fully saturated rings. The number of hydrogen-bond acceptors (Lipinski definition) is 3. The minimum atomic E-state index is -0.369. The Kier molecular flexibility index (Phi) is 3.18. The number of allylic oxidation sites excluding steroid dienone is 3. The Balaban J connectivity index is 2.37. The molecule has 2 aliphatic rings. The number of esters is 2. The molecule has 3 heteroatoms. The van der Waals surface area contributed by atoms with Gasteiger partial charge in [0.2, 0.25) is 0 Å². The highest BCUT2D eigenvalue weighted by molar-refractivity contribution is 5.98. The molecule has 0 spiro atoms. The maximum absolute atomic E-state index is 11.7. The van der Waals surface area contributed by atoms with Crippen LogP contribution in [0.3, 0.4) is 0 Å². The Labute approximate surface area is 102 Å². The van der Waals surface area contributed by atoms with E-state index in [0.29, 0.717) is 0 Å². The molecule has 1 aliphatic heterocycles. The van der Waals surface area contributed by atoms with Gasteiger partial charge in [0.15, 0.2) is 0 Å². The van der Waals surface area contributed by atoms with Gasteiger partial charge in [-0.3, -0.25) is 9.59 Å². The Hall–Kier alpha value is -1.38. The van der Waals surface area contributed by atoms with Crippen molar-refractivity contribution in [2.75, 3.05) is 0 Å². The quantitative estimate of drug-likeness (QED) is 0.419. The number of cyclic esters (lactones) is 2. The Morgan fingerprint density at radius 2 is 2.00 bits per heavy atom. The number of fused-ring (bicyclic) bond motifs is 1. The average molecular weight is 234 g/mol. The molecule has 3 atom stereocenters. The van der Waals surface area contributed by atoms with E-state index in [1.54, 1.807) is 0 Å². The third kappa shape index (κ3) is 1.94. The summed E-state index contributed by atoms with van der Waals surface area (Å²) in [5.74, 6) is -1.25. The van der Waals surface area contributed by atoms with Crippen molar-refractivity contribution in [3.63, 3.8) is 0 Å². The van der Waals surface area contributed by atoms with Crippen LogP contribution in [0.4, 0.5) is 0 Å². The van der Waals surface area contributed by atoms with Gasteiger partial charge >= 0.3 is 11.9 Å². The largest absolute Gasteiger partial charge is 0.392 e. The predicted molar refractivity (Wildman–Crippen MR) is 64.0 cm³/mol. The number of ether oxygens (including phenoxy) is 1. The summed E-state index contributed by atoms with van der Waals surface area (Å²) in [5, 5.41) is 0. The van der Waals surface area contributed by atoms with E-state index in [4.69, 9.17) is 4.74 Å². The lowest BCUT2D eigenvalue weighted by molar-refractivity contribution is -0.153. The normalized spacial score (nSPS) is 33.2. The summed E-state index contributed by atoms with van der Waals surface area (Å²) in [6.07, 6.45) is 5.92. The van der Waals surface area contributed by atoms with Crippen LogP contribution in [0.1, 0.15) is 33.6 Å². The molecule has 0 bridgehead atoms. The summed E-state index contributed by atoms with van der Waals surface area (Å²) in [5.41, 5.74) is 2.23. The summed E-state index contributed by atoms with van der Waals surface area (Å²) in [4.78, 5) is 23.4. The molecule has 3 unspecified atom stereocenters. The van der Waals surface area contributed by atoms with Crippen LogP contribution in [0.25, 0.3) is 0 Å². The molecule has 1 saturated heterocycles. The van der Waals surface area contributed by atoms with Crippen molar-refractivity contribution in [1.29, 1.82) is 0 Å². The molecule has 1 aliphatic carbocycles. The zero-order valence-corrected chi connectivity index (χ0v) is 10.5. The lowest BCUT2D eigenvalue weighted by Crippen LogP contribution is -2.30. The maximum Gasteiger partial charge on any atom is 0.321 e. The lowest BCUT2D eigenvalue weighted by Gasteiger charge is -2.29. The fraction of sp³-hybridized carbons (Fsp3) is 0.571. The van der Waals surface area contributed by atoms with Gasteiger partial charge in [0.05, 0.1) is 11.8 Å². The second-order valence-electron chi connectivity index (χ2n) is 4.91. The molecule has 0 aromatic rings. The second-order valence-corrected chi connectivity index (χ2v) is 4.91. The SMILES string of the molecule is CCC=CC1CC(C)=C(C)C2C(=O)OC(=O)C12. The Bertz CT molecular complexity index is 417. The molecule has 0 radical (unpaired) electrons. The standard InChI is InChI=1S/C14H18O3/c1-4-5-6-10-7-8(2)9(3)11-12(10)14(16)17-13(11)15/h5-6,10-12H,4,7H2,1-3H3. The van der Waals surface area contributed by atoms with E-state index in [1.807, 2.05) is 13.8 Å². The van der Waals surface area contributed by atoms with E-state index in [9.17, 15) is 9.59 Å². The first-order chi connectivity index (χ1) is 8.06. The molecule has 0 aromatic heterocycles. The fourth-order valence-electron chi connectivity index (χ4n) is 2.79. The number of hydrogen-bond donors (Lipinski definition) is 0. The van der Waals surface area contributed by atoms with E-state index in [1.165, 1.54) is 5.57 Å². The van der Waals surface area contributed by atoms with Crippen LogP contribution in [0.5, 0.6) is 0 Å². The molecular weight excluding hydrogens is 216 g/mol. The third-order valence-corrected chi connectivity index (χ3v) is 3.85. The van der Waals surface area contributed by atoms with Gasteiger partial charge in [-0.25, -0.2) is 0 Å².